The molecule has 3 N–H and O–H groups in total. The molecule has 0 aliphatic heterocycles. The number of aromatic nitrogens is 6. The molecule has 3 aromatic heterocycles. The monoisotopic (exact) mass is 348 g/mol. The van der Waals surface area contributed by atoms with Crippen LogP contribution in [0.1, 0.15) is 15.9 Å². The Balaban J connectivity index is 1.68. The summed E-state index contributed by atoms with van der Waals surface area (Å²) in [6.45, 7) is 0.381. The third-order valence-electron chi connectivity index (χ3n) is 3.94. The molecule has 1 aromatic carbocycles. The zero-order chi connectivity index (χ0) is 18.1. The molecule has 9 heteroatoms. The lowest BCUT2D eigenvalue weighted by atomic mass is 10.1. The highest BCUT2D eigenvalue weighted by Crippen LogP contribution is 2.18. The van der Waals surface area contributed by atoms with Crippen molar-refractivity contribution in [1.29, 1.82) is 0 Å². The average Bonchev–Trinajstić information content (AvgIpc) is 3.21. The first-order valence-corrected chi connectivity index (χ1v) is 7.92. The number of nitrogens with zero attached hydrogens (tertiary/aromatic N) is 6. The number of nitrogens with one attached hydrogen (secondary N) is 1. The van der Waals surface area contributed by atoms with E-state index in [-0.39, 0.29) is 0 Å². The van der Waals surface area contributed by atoms with E-state index in [0.717, 1.165) is 16.6 Å². The van der Waals surface area contributed by atoms with Gasteiger partial charge in [0.25, 0.3) is 0 Å². The van der Waals surface area contributed by atoms with Crippen LogP contribution in [0.25, 0.3) is 11.0 Å². The third kappa shape index (κ3) is 2.97. The molecule has 0 fully saturated rings. The molecule has 130 valence electrons. The minimum Gasteiger partial charge on any atom is -0.366 e. The highest BCUT2D eigenvalue weighted by molar-refractivity contribution is 5.94. The molecule has 1 amide bonds. The second-order valence-corrected chi connectivity index (χ2v) is 5.82. The first-order chi connectivity index (χ1) is 12.6. The molecule has 0 saturated carbocycles. The Hall–Kier alpha value is -3.75. The van der Waals surface area contributed by atoms with Crippen LogP contribution in [-0.2, 0) is 13.6 Å². The topological polar surface area (TPSA) is 117 Å². The van der Waals surface area contributed by atoms with Gasteiger partial charge in [0.15, 0.2) is 5.65 Å². The summed E-state index contributed by atoms with van der Waals surface area (Å²) in [6.07, 6.45) is 6.91. The highest BCUT2D eigenvalue weighted by Gasteiger charge is 2.12. The lowest BCUT2D eigenvalue weighted by molar-refractivity contribution is 0.0999. The van der Waals surface area contributed by atoms with Crippen molar-refractivity contribution in [1.82, 2.24) is 29.5 Å². The summed E-state index contributed by atoms with van der Waals surface area (Å²) in [6, 6.07) is 7.19. The van der Waals surface area contributed by atoms with Crippen molar-refractivity contribution in [2.24, 2.45) is 12.8 Å². The molecule has 0 aliphatic rings. The SMILES string of the molecule is Cn1cc(Nc2ncc3cnn(Cc4ccccc4C(N)=O)c3n2)cn1. The predicted octanol–water partition coefficient (Wildman–Crippen LogP) is 1.45. The second kappa shape index (κ2) is 6.28. The molecule has 0 unspecified atom stereocenters. The van der Waals surface area contributed by atoms with E-state index in [1.54, 1.807) is 40.1 Å². The maximum Gasteiger partial charge on any atom is 0.249 e. The molecular formula is C17H16N8O. The minimum atomic E-state index is -0.467. The van der Waals surface area contributed by atoms with Crippen LogP contribution in [0.5, 0.6) is 0 Å². The van der Waals surface area contributed by atoms with Gasteiger partial charge in [0.05, 0.1) is 30.0 Å². The van der Waals surface area contributed by atoms with Crippen molar-refractivity contribution in [2.45, 2.75) is 6.54 Å². The largest absolute Gasteiger partial charge is 0.366 e. The van der Waals surface area contributed by atoms with Gasteiger partial charge in [-0.15, -0.1) is 0 Å². The van der Waals surface area contributed by atoms with Crippen LogP contribution in [0, 0.1) is 0 Å². The fourth-order valence-electron chi connectivity index (χ4n) is 2.72. The smallest absolute Gasteiger partial charge is 0.249 e. The number of hydrogen-bond acceptors (Lipinski definition) is 6. The van der Waals surface area contributed by atoms with E-state index in [1.807, 2.05) is 25.4 Å². The zero-order valence-electron chi connectivity index (χ0n) is 14.0. The number of benzene rings is 1. The molecule has 4 aromatic rings. The van der Waals surface area contributed by atoms with Crippen molar-refractivity contribution in [3.05, 3.63) is 60.2 Å². The summed E-state index contributed by atoms with van der Waals surface area (Å²) in [5, 5.41) is 12.4. The van der Waals surface area contributed by atoms with Gasteiger partial charge in [0.2, 0.25) is 11.9 Å². The summed E-state index contributed by atoms with van der Waals surface area (Å²) in [7, 11) is 1.83. The Kier molecular flexibility index (Phi) is 3.81. The number of nitrogens with two attached hydrogens (primary N) is 1. The Labute approximate surface area is 148 Å². The number of anilines is 2. The molecular weight excluding hydrogens is 332 g/mol. The molecule has 26 heavy (non-hydrogen) atoms. The van der Waals surface area contributed by atoms with Gasteiger partial charge in [0.1, 0.15) is 0 Å². The lowest BCUT2D eigenvalue weighted by Gasteiger charge is -2.08. The maximum absolute atomic E-state index is 11.6. The third-order valence-corrected chi connectivity index (χ3v) is 3.94. The molecule has 0 aliphatic carbocycles. The highest BCUT2D eigenvalue weighted by atomic mass is 16.1. The van der Waals surface area contributed by atoms with E-state index >= 15 is 0 Å². The van der Waals surface area contributed by atoms with Crippen molar-refractivity contribution >= 4 is 28.6 Å². The minimum absolute atomic E-state index is 0.381. The summed E-state index contributed by atoms with van der Waals surface area (Å²) in [5.74, 6) is -0.0268. The normalized spacial score (nSPS) is 11.0. The van der Waals surface area contributed by atoms with Gasteiger partial charge >= 0.3 is 0 Å². The van der Waals surface area contributed by atoms with E-state index < -0.39 is 5.91 Å². The number of aryl methyl sites for hydroxylation is 1. The van der Waals surface area contributed by atoms with Gasteiger partial charge in [-0.3, -0.25) is 9.48 Å². The fraction of sp³-hybridized carbons (Fsp3) is 0.118. The van der Waals surface area contributed by atoms with Crippen molar-refractivity contribution in [2.75, 3.05) is 5.32 Å². The molecule has 4 rings (SSSR count). The van der Waals surface area contributed by atoms with E-state index in [9.17, 15) is 4.79 Å². The number of amides is 1. The number of rotatable bonds is 5. The van der Waals surface area contributed by atoms with Gasteiger partial charge in [-0.2, -0.15) is 15.2 Å². The van der Waals surface area contributed by atoms with E-state index in [0.29, 0.717) is 23.7 Å². The average molecular weight is 348 g/mol. The first kappa shape index (κ1) is 15.8. The quantitative estimate of drug-likeness (QED) is 0.564. The summed E-state index contributed by atoms with van der Waals surface area (Å²) < 4.78 is 3.40. The van der Waals surface area contributed by atoms with E-state index in [4.69, 9.17) is 5.73 Å². The number of primary amides is 1. The number of hydrogen-bond donors (Lipinski definition) is 2. The van der Waals surface area contributed by atoms with Gasteiger partial charge in [0, 0.05) is 25.0 Å². The van der Waals surface area contributed by atoms with Crippen LogP contribution in [-0.4, -0.2) is 35.4 Å². The van der Waals surface area contributed by atoms with Crippen LogP contribution in [0.3, 0.4) is 0 Å². The molecule has 9 nitrogen and oxygen atoms in total. The van der Waals surface area contributed by atoms with Gasteiger partial charge in [-0.05, 0) is 11.6 Å². The van der Waals surface area contributed by atoms with Gasteiger partial charge in [-0.25, -0.2) is 9.67 Å². The summed E-state index contributed by atoms with van der Waals surface area (Å²) in [4.78, 5) is 20.4. The van der Waals surface area contributed by atoms with Gasteiger partial charge < -0.3 is 11.1 Å². The Morgan fingerprint density at radius 2 is 2.04 bits per heavy atom. The van der Waals surface area contributed by atoms with Crippen LogP contribution in [0.2, 0.25) is 0 Å². The van der Waals surface area contributed by atoms with E-state index in [2.05, 4.69) is 25.5 Å². The molecule has 0 bridgehead atoms. The number of fused-ring (bicyclic) bond motifs is 1. The Morgan fingerprint density at radius 3 is 2.81 bits per heavy atom. The van der Waals surface area contributed by atoms with Crippen LogP contribution < -0.4 is 11.1 Å². The molecule has 0 saturated heterocycles. The van der Waals surface area contributed by atoms with Crippen molar-refractivity contribution in [3.8, 4) is 0 Å². The molecule has 0 atom stereocenters. The Morgan fingerprint density at radius 1 is 1.19 bits per heavy atom. The fourth-order valence-corrected chi connectivity index (χ4v) is 2.72. The van der Waals surface area contributed by atoms with Crippen molar-refractivity contribution in [3.63, 3.8) is 0 Å². The first-order valence-electron chi connectivity index (χ1n) is 7.92. The standard InChI is InChI=1S/C17H16N8O/c1-24-10-13(8-20-24)22-17-19-6-12-7-21-25(16(12)23-17)9-11-4-2-3-5-14(11)15(18)26/h2-8,10H,9H2,1H3,(H2,18,26)(H,19,22,23). The second-order valence-electron chi connectivity index (χ2n) is 5.82. The number of carbonyl (C=O) groups excluding carboxylic acids is 1. The predicted molar refractivity (Wildman–Crippen MR) is 95.9 cm³/mol. The molecule has 0 spiro atoms. The summed E-state index contributed by atoms with van der Waals surface area (Å²) >= 11 is 0. The van der Waals surface area contributed by atoms with Crippen molar-refractivity contribution < 1.29 is 4.79 Å². The van der Waals surface area contributed by atoms with Crippen LogP contribution >= 0.6 is 0 Å². The molecule has 0 radical (unpaired) electrons. The Bertz CT molecular complexity index is 1100. The van der Waals surface area contributed by atoms with E-state index in [1.165, 1.54) is 0 Å². The van der Waals surface area contributed by atoms with Crippen LogP contribution in [0.15, 0.2) is 49.1 Å². The van der Waals surface area contributed by atoms with Gasteiger partial charge in [-0.1, -0.05) is 18.2 Å². The lowest BCUT2D eigenvalue weighted by Crippen LogP contribution is -2.15. The maximum atomic E-state index is 11.6. The summed E-state index contributed by atoms with van der Waals surface area (Å²) in [5.41, 5.74) is 8.16. The number of carbonyl (C=O) groups is 1. The zero-order valence-corrected chi connectivity index (χ0v) is 14.0. The molecule has 3 heterocycles. The van der Waals surface area contributed by atoms with Crippen LogP contribution in [0.4, 0.5) is 11.6 Å².